The highest BCUT2D eigenvalue weighted by atomic mass is 16.5. The largest absolute Gasteiger partial charge is 0.375 e. The lowest BCUT2D eigenvalue weighted by Crippen LogP contribution is -2.56. The molecule has 0 saturated carbocycles. The Labute approximate surface area is 136 Å². The highest BCUT2D eigenvalue weighted by molar-refractivity contribution is 5.82. The van der Waals surface area contributed by atoms with Gasteiger partial charge in [0, 0.05) is 26.2 Å². The van der Waals surface area contributed by atoms with Gasteiger partial charge in [-0.05, 0) is 30.4 Å². The molecule has 0 aliphatic carbocycles. The zero-order chi connectivity index (χ0) is 15.6. The van der Waals surface area contributed by atoms with Gasteiger partial charge in [-0.2, -0.15) is 0 Å². The summed E-state index contributed by atoms with van der Waals surface area (Å²) in [5.41, 5.74) is 2.59. The van der Waals surface area contributed by atoms with Crippen molar-refractivity contribution in [3.63, 3.8) is 0 Å². The average molecular weight is 316 g/mol. The molecule has 0 aromatic heterocycles. The molecule has 0 spiro atoms. The van der Waals surface area contributed by atoms with Crippen molar-refractivity contribution >= 4 is 5.91 Å². The predicted octanol–water partition coefficient (Wildman–Crippen LogP) is 1.11. The number of carbonyl (C=O) groups excluding carboxylic acids is 1. The Bertz CT molecular complexity index is 571. The summed E-state index contributed by atoms with van der Waals surface area (Å²) in [6, 6.07) is 8.24. The summed E-state index contributed by atoms with van der Waals surface area (Å²) in [7, 11) is 0. The van der Waals surface area contributed by atoms with E-state index in [1.54, 1.807) is 0 Å². The Balaban J connectivity index is 1.40. The average Bonchev–Trinajstić information content (AvgIpc) is 3.15. The van der Waals surface area contributed by atoms with E-state index in [4.69, 9.17) is 9.47 Å². The molecule has 3 aliphatic heterocycles. The molecule has 5 heteroatoms. The van der Waals surface area contributed by atoms with Gasteiger partial charge in [0.2, 0.25) is 5.91 Å². The van der Waals surface area contributed by atoms with Crippen molar-refractivity contribution < 1.29 is 14.3 Å². The van der Waals surface area contributed by atoms with Gasteiger partial charge in [-0.15, -0.1) is 0 Å². The maximum atomic E-state index is 12.9. The zero-order valence-electron chi connectivity index (χ0n) is 13.4. The van der Waals surface area contributed by atoms with Crippen LogP contribution in [0, 0.1) is 0 Å². The van der Waals surface area contributed by atoms with Crippen LogP contribution in [0.25, 0.3) is 0 Å². The molecule has 2 saturated heterocycles. The molecule has 1 aromatic rings. The summed E-state index contributed by atoms with van der Waals surface area (Å²) in [5, 5.41) is 3.39. The van der Waals surface area contributed by atoms with Crippen molar-refractivity contribution in [3.05, 3.63) is 35.4 Å². The van der Waals surface area contributed by atoms with Gasteiger partial charge in [-0.25, -0.2) is 0 Å². The summed E-state index contributed by atoms with van der Waals surface area (Å²) in [5.74, 6) is 0.200. The van der Waals surface area contributed by atoms with E-state index in [0.717, 1.165) is 32.4 Å². The van der Waals surface area contributed by atoms with E-state index in [1.807, 2.05) is 11.0 Å². The van der Waals surface area contributed by atoms with Gasteiger partial charge in [0.05, 0.1) is 18.8 Å². The minimum Gasteiger partial charge on any atom is -0.375 e. The molecule has 5 nitrogen and oxygen atoms in total. The molecule has 0 radical (unpaired) electrons. The minimum atomic E-state index is -0.117. The van der Waals surface area contributed by atoms with Crippen LogP contribution in [0.5, 0.6) is 0 Å². The highest BCUT2D eigenvalue weighted by Gasteiger charge is 2.35. The summed E-state index contributed by atoms with van der Waals surface area (Å²) in [6.07, 6.45) is 3.11. The van der Waals surface area contributed by atoms with Gasteiger partial charge in [0.15, 0.2) is 0 Å². The molecule has 23 heavy (non-hydrogen) atoms. The van der Waals surface area contributed by atoms with Crippen molar-refractivity contribution in [2.24, 2.45) is 0 Å². The molecule has 1 amide bonds. The third kappa shape index (κ3) is 3.13. The van der Waals surface area contributed by atoms with Crippen molar-refractivity contribution in [1.82, 2.24) is 10.2 Å². The van der Waals surface area contributed by atoms with Crippen LogP contribution in [0.2, 0.25) is 0 Å². The molecule has 3 heterocycles. The van der Waals surface area contributed by atoms with Crippen LogP contribution in [-0.4, -0.2) is 55.4 Å². The number of hydrogen-bond acceptors (Lipinski definition) is 4. The maximum absolute atomic E-state index is 12.9. The van der Waals surface area contributed by atoms with Gasteiger partial charge < -0.3 is 19.7 Å². The number of nitrogens with zero attached hydrogens (tertiary/aromatic N) is 1. The fourth-order valence-corrected chi connectivity index (χ4v) is 3.85. The van der Waals surface area contributed by atoms with E-state index in [2.05, 4.69) is 23.5 Å². The lowest BCUT2D eigenvalue weighted by Gasteiger charge is -2.38. The number of nitrogens with one attached hydrogen (secondary N) is 1. The number of carbonyl (C=O) groups is 1. The van der Waals surface area contributed by atoms with Gasteiger partial charge >= 0.3 is 0 Å². The van der Waals surface area contributed by atoms with Crippen molar-refractivity contribution in [2.45, 2.75) is 44.1 Å². The molecule has 3 atom stereocenters. The summed E-state index contributed by atoms with van der Waals surface area (Å²) in [6.45, 7) is 3.54. The first-order valence-corrected chi connectivity index (χ1v) is 8.63. The maximum Gasteiger partial charge on any atom is 0.240 e. The number of hydrogen-bond donors (Lipinski definition) is 1. The van der Waals surface area contributed by atoms with E-state index in [9.17, 15) is 4.79 Å². The van der Waals surface area contributed by atoms with Crippen LogP contribution in [0.1, 0.15) is 24.0 Å². The molecular formula is C18H24N2O3. The first kappa shape index (κ1) is 15.1. The lowest BCUT2D eigenvalue weighted by molar-refractivity contribution is -0.147. The van der Waals surface area contributed by atoms with Crippen LogP contribution >= 0.6 is 0 Å². The fourth-order valence-electron chi connectivity index (χ4n) is 3.85. The predicted molar refractivity (Wildman–Crippen MR) is 86.1 cm³/mol. The van der Waals surface area contributed by atoms with Crippen molar-refractivity contribution in [3.8, 4) is 0 Å². The third-order valence-corrected chi connectivity index (χ3v) is 5.16. The molecule has 0 unspecified atom stereocenters. The summed E-state index contributed by atoms with van der Waals surface area (Å²) in [4.78, 5) is 14.9. The quantitative estimate of drug-likeness (QED) is 0.888. The smallest absolute Gasteiger partial charge is 0.240 e. The van der Waals surface area contributed by atoms with Crippen LogP contribution in [0.15, 0.2) is 24.3 Å². The van der Waals surface area contributed by atoms with Gasteiger partial charge in [0.25, 0.3) is 0 Å². The number of benzene rings is 1. The second-order valence-corrected chi connectivity index (χ2v) is 6.65. The standard InChI is InChI=1S/C18H24N2O3/c21-18(15-10-13-4-1-2-5-14(13)11-19-15)20-7-9-23-17(12-20)16-6-3-8-22-16/h1-2,4-5,15-17,19H,3,6-12H2/t15-,16-,17-/m0/s1. The molecule has 0 bridgehead atoms. The number of amides is 1. The second-order valence-electron chi connectivity index (χ2n) is 6.65. The third-order valence-electron chi connectivity index (χ3n) is 5.16. The Hall–Kier alpha value is -1.43. The first-order valence-electron chi connectivity index (χ1n) is 8.63. The Kier molecular flexibility index (Phi) is 4.33. The van der Waals surface area contributed by atoms with Crippen molar-refractivity contribution in [1.29, 1.82) is 0 Å². The van der Waals surface area contributed by atoms with Crippen LogP contribution in [0.4, 0.5) is 0 Å². The van der Waals surface area contributed by atoms with E-state index in [0.29, 0.717) is 19.7 Å². The molecule has 1 N–H and O–H groups in total. The van der Waals surface area contributed by atoms with E-state index < -0.39 is 0 Å². The van der Waals surface area contributed by atoms with Crippen LogP contribution < -0.4 is 5.32 Å². The molecule has 124 valence electrons. The summed E-state index contributed by atoms with van der Waals surface area (Å²) < 4.78 is 11.6. The monoisotopic (exact) mass is 316 g/mol. The summed E-state index contributed by atoms with van der Waals surface area (Å²) >= 11 is 0. The number of ether oxygens (including phenoxy) is 2. The number of fused-ring (bicyclic) bond motifs is 1. The Morgan fingerprint density at radius 1 is 1.13 bits per heavy atom. The number of rotatable bonds is 2. The normalized spacial score (nSPS) is 31.0. The molecule has 3 aliphatic rings. The Morgan fingerprint density at radius 3 is 2.78 bits per heavy atom. The first-order chi connectivity index (χ1) is 11.3. The van der Waals surface area contributed by atoms with E-state index in [1.165, 1.54) is 11.1 Å². The molecular weight excluding hydrogens is 292 g/mol. The second kappa shape index (κ2) is 6.59. The topological polar surface area (TPSA) is 50.8 Å². The highest BCUT2D eigenvalue weighted by Crippen LogP contribution is 2.22. The molecule has 1 aromatic carbocycles. The van der Waals surface area contributed by atoms with Gasteiger partial charge in [-0.1, -0.05) is 24.3 Å². The lowest BCUT2D eigenvalue weighted by atomic mass is 9.95. The van der Waals surface area contributed by atoms with E-state index in [-0.39, 0.29) is 24.2 Å². The molecule has 2 fully saturated rings. The van der Waals surface area contributed by atoms with Gasteiger partial charge in [-0.3, -0.25) is 4.79 Å². The number of morpholine rings is 1. The van der Waals surface area contributed by atoms with Crippen LogP contribution in [0.3, 0.4) is 0 Å². The minimum absolute atomic E-state index is 0.0334. The van der Waals surface area contributed by atoms with E-state index >= 15 is 0 Å². The van der Waals surface area contributed by atoms with Crippen LogP contribution in [-0.2, 0) is 27.2 Å². The fraction of sp³-hybridized carbons (Fsp3) is 0.611. The van der Waals surface area contributed by atoms with Crippen molar-refractivity contribution in [2.75, 3.05) is 26.3 Å². The van der Waals surface area contributed by atoms with Gasteiger partial charge in [0.1, 0.15) is 6.10 Å². The zero-order valence-corrected chi connectivity index (χ0v) is 13.4. The molecule has 4 rings (SSSR count). The Morgan fingerprint density at radius 2 is 1.96 bits per heavy atom. The SMILES string of the molecule is O=C([C@@H]1Cc2ccccc2CN1)N1CCO[C@H]([C@@H]2CCCO2)C1.